The fraction of sp³-hybridized carbons (Fsp3) is 0.400. The Hall–Kier alpha value is -2.92. The van der Waals surface area contributed by atoms with Crippen molar-refractivity contribution in [3.8, 4) is 0 Å². The van der Waals surface area contributed by atoms with E-state index in [-0.39, 0.29) is 6.61 Å². The maximum Gasteiger partial charge on any atom is 0.323 e. The molecule has 1 fully saturated rings. The highest BCUT2D eigenvalue weighted by Crippen LogP contribution is 2.46. The second-order valence-electron chi connectivity index (χ2n) is 7.58. The molecule has 164 valence electrons. The third-order valence-electron chi connectivity index (χ3n) is 5.14. The van der Waals surface area contributed by atoms with Crippen LogP contribution in [0.4, 0.5) is 17.6 Å². The smallest absolute Gasteiger partial charge is 0.323 e. The van der Waals surface area contributed by atoms with Gasteiger partial charge in [-0.2, -0.15) is 8.78 Å². The third-order valence-corrected chi connectivity index (χ3v) is 5.14. The topological polar surface area (TPSA) is 86.0 Å². The van der Waals surface area contributed by atoms with Gasteiger partial charge in [0, 0.05) is 24.4 Å². The zero-order valence-corrected chi connectivity index (χ0v) is 16.3. The molecule has 0 spiro atoms. The van der Waals surface area contributed by atoms with Gasteiger partial charge in [-0.25, -0.2) is 13.5 Å². The first-order valence-electron chi connectivity index (χ1n) is 9.59. The fourth-order valence-electron chi connectivity index (χ4n) is 3.20. The zero-order chi connectivity index (χ0) is 22.1. The molecule has 1 N–H and O–H groups in total. The van der Waals surface area contributed by atoms with E-state index in [0.717, 1.165) is 42.0 Å². The van der Waals surface area contributed by atoms with Crippen LogP contribution in [-0.2, 0) is 29.4 Å². The number of rotatable bonds is 9. The summed E-state index contributed by atoms with van der Waals surface area (Å²) in [6.07, 6.45) is 4.47. The first kappa shape index (κ1) is 21.3. The van der Waals surface area contributed by atoms with Gasteiger partial charge in [0.2, 0.25) is 0 Å². The zero-order valence-electron chi connectivity index (χ0n) is 16.3. The number of tetrazole rings is 1. The van der Waals surface area contributed by atoms with Gasteiger partial charge in [-0.05, 0) is 52.9 Å². The van der Waals surface area contributed by atoms with Gasteiger partial charge < -0.3 is 9.84 Å². The van der Waals surface area contributed by atoms with Crippen LogP contribution < -0.4 is 0 Å². The highest BCUT2D eigenvalue weighted by Gasteiger charge is 2.57. The Morgan fingerprint density at radius 1 is 1.16 bits per heavy atom. The van der Waals surface area contributed by atoms with Crippen LogP contribution in [0.3, 0.4) is 0 Å². The first-order valence-corrected chi connectivity index (χ1v) is 9.59. The van der Waals surface area contributed by atoms with Gasteiger partial charge in [0.05, 0.1) is 13.2 Å². The average Bonchev–Trinajstić information content (AvgIpc) is 3.42. The predicted molar refractivity (Wildman–Crippen MR) is 98.6 cm³/mol. The second kappa shape index (κ2) is 8.31. The molecule has 0 radical (unpaired) electrons. The molecule has 1 atom stereocenters. The van der Waals surface area contributed by atoms with Crippen LogP contribution in [0.1, 0.15) is 29.7 Å². The van der Waals surface area contributed by atoms with E-state index in [4.69, 9.17) is 4.74 Å². The van der Waals surface area contributed by atoms with Crippen LogP contribution in [0.25, 0.3) is 0 Å². The molecule has 0 amide bonds. The molecule has 11 heteroatoms. The second-order valence-corrected chi connectivity index (χ2v) is 7.58. The Labute approximate surface area is 174 Å². The molecule has 31 heavy (non-hydrogen) atoms. The molecule has 1 aliphatic carbocycles. The third kappa shape index (κ3) is 4.42. The molecular weight excluding hydrogens is 418 g/mol. The Morgan fingerprint density at radius 3 is 2.58 bits per heavy atom. The summed E-state index contributed by atoms with van der Waals surface area (Å²) in [5, 5.41) is 21.3. The van der Waals surface area contributed by atoms with Crippen LogP contribution in [0, 0.1) is 17.6 Å². The highest BCUT2D eigenvalue weighted by atomic mass is 19.3. The molecule has 2 aromatic heterocycles. The molecular formula is C20H19F4N5O2. The highest BCUT2D eigenvalue weighted by molar-refractivity contribution is 5.31. The number of aliphatic hydroxyl groups is 1. The Bertz CT molecular complexity index is 1030. The molecule has 2 heterocycles. The van der Waals surface area contributed by atoms with E-state index < -0.39 is 41.0 Å². The van der Waals surface area contributed by atoms with Gasteiger partial charge in [-0.1, -0.05) is 6.07 Å². The number of aromatic nitrogens is 5. The molecule has 1 aliphatic rings. The monoisotopic (exact) mass is 437 g/mol. The minimum absolute atomic E-state index is 0.219. The minimum Gasteiger partial charge on any atom is -0.377 e. The number of alkyl halides is 2. The molecule has 4 rings (SSSR count). The van der Waals surface area contributed by atoms with Crippen molar-refractivity contribution in [3.63, 3.8) is 0 Å². The number of hydrogen-bond acceptors (Lipinski definition) is 6. The predicted octanol–water partition coefficient (Wildman–Crippen LogP) is 2.95. The van der Waals surface area contributed by atoms with E-state index in [1.54, 1.807) is 0 Å². The lowest BCUT2D eigenvalue weighted by Gasteiger charge is -2.35. The van der Waals surface area contributed by atoms with Gasteiger partial charge in [0.25, 0.3) is 0 Å². The SMILES string of the molecule is OC(Cn1cnnn1)(c1ccc(F)cc1F)C(F)(F)c1ccc(COCC2CC2)cn1. The average molecular weight is 437 g/mol. The Kier molecular flexibility index (Phi) is 5.71. The summed E-state index contributed by atoms with van der Waals surface area (Å²) < 4.78 is 65.3. The van der Waals surface area contributed by atoms with Crippen molar-refractivity contribution >= 4 is 0 Å². The van der Waals surface area contributed by atoms with Crippen LogP contribution in [-0.4, -0.2) is 36.9 Å². The van der Waals surface area contributed by atoms with Crippen molar-refractivity contribution in [2.24, 2.45) is 5.92 Å². The lowest BCUT2D eigenvalue weighted by molar-refractivity contribution is -0.207. The van der Waals surface area contributed by atoms with Gasteiger partial charge in [-0.15, -0.1) is 5.10 Å². The molecule has 3 aromatic rings. The number of nitrogens with zero attached hydrogens (tertiary/aromatic N) is 5. The summed E-state index contributed by atoms with van der Waals surface area (Å²) in [4.78, 5) is 3.78. The van der Waals surface area contributed by atoms with E-state index in [1.165, 1.54) is 12.3 Å². The van der Waals surface area contributed by atoms with Gasteiger partial charge in [0.15, 0.2) is 5.60 Å². The molecule has 1 unspecified atom stereocenters. The summed E-state index contributed by atoms with van der Waals surface area (Å²) in [5.41, 5.74) is -4.18. The first-order chi connectivity index (χ1) is 14.8. The summed E-state index contributed by atoms with van der Waals surface area (Å²) >= 11 is 0. The molecule has 7 nitrogen and oxygen atoms in total. The summed E-state index contributed by atoms with van der Waals surface area (Å²) in [6, 6.07) is 4.42. The van der Waals surface area contributed by atoms with Crippen molar-refractivity contribution < 1.29 is 27.4 Å². The maximum atomic E-state index is 15.6. The summed E-state index contributed by atoms with van der Waals surface area (Å²) in [7, 11) is 0. The molecule has 1 aromatic carbocycles. The maximum absolute atomic E-state index is 15.6. The largest absolute Gasteiger partial charge is 0.377 e. The Morgan fingerprint density at radius 2 is 1.97 bits per heavy atom. The lowest BCUT2D eigenvalue weighted by Crippen LogP contribution is -2.48. The number of halogens is 4. The molecule has 0 bridgehead atoms. The van der Waals surface area contributed by atoms with Crippen molar-refractivity contribution in [3.05, 3.63) is 71.3 Å². The normalized spacial score (nSPS) is 16.3. The van der Waals surface area contributed by atoms with Gasteiger partial charge in [-0.3, -0.25) is 4.98 Å². The number of benzene rings is 1. The van der Waals surface area contributed by atoms with Gasteiger partial charge in [0.1, 0.15) is 23.7 Å². The minimum atomic E-state index is -4.08. The van der Waals surface area contributed by atoms with Crippen molar-refractivity contribution in [1.29, 1.82) is 0 Å². The fourth-order valence-corrected chi connectivity index (χ4v) is 3.20. The molecule has 1 saturated carbocycles. The van der Waals surface area contributed by atoms with E-state index in [2.05, 4.69) is 20.5 Å². The van der Waals surface area contributed by atoms with E-state index in [1.807, 2.05) is 0 Å². The Balaban J connectivity index is 1.65. The quantitative estimate of drug-likeness (QED) is 0.518. The van der Waals surface area contributed by atoms with Crippen molar-refractivity contribution in [1.82, 2.24) is 25.2 Å². The van der Waals surface area contributed by atoms with Crippen molar-refractivity contribution in [2.75, 3.05) is 6.61 Å². The standard InChI is InChI=1S/C20H19F4N5O2/c21-15-4-5-16(17(22)7-15)19(30,11-29-12-26-27-28-29)20(23,24)18-6-3-14(8-25-18)10-31-9-13-1-2-13/h3-8,12-13,30H,1-2,9-11H2. The summed E-state index contributed by atoms with van der Waals surface area (Å²) in [6.45, 7) is -0.0756. The number of ether oxygens (including phenoxy) is 1. The number of hydrogen-bond donors (Lipinski definition) is 1. The van der Waals surface area contributed by atoms with Crippen LogP contribution >= 0.6 is 0 Å². The molecule has 0 aliphatic heterocycles. The van der Waals surface area contributed by atoms with E-state index >= 15 is 8.78 Å². The van der Waals surface area contributed by atoms with E-state index in [9.17, 15) is 13.9 Å². The lowest BCUT2D eigenvalue weighted by atomic mass is 9.84. The van der Waals surface area contributed by atoms with Crippen molar-refractivity contribution in [2.45, 2.75) is 37.5 Å². The van der Waals surface area contributed by atoms with Crippen LogP contribution in [0.5, 0.6) is 0 Å². The summed E-state index contributed by atoms with van der Waals surface area (Å²) in [5.74, 6) is -5.82. The van der Waals surface area contributed by atoms with Gasteiger partial charge >= 0.3 is 5.92 Å². The number of pyridine rings is 1. The van der Waals surface area contributed by atoms with E-state index in [0.29, 0.717) is 24.2 Å². The van der Waals surface area contributed by atoms with Crippen LogP contribution in [0.2, 0.25) is 0 Å². The van der Waals surface area contributed by atoms with Crippen LogP contribution in [0.15, 0.2) is 42.9 Å². The molecule has 0 saturated heterocycles.